The summed E-state index contributed by atoms with van der Waals surface area (Å²) in [5, 5.41) is 2.38. The average Bonchev–Trinajstić information content (AvgIpc) is 3.28. The molecule has 1 nitrogen and oxygen atoms in total. The third-order valence-electron chi connectivity index (χ3n) is 5.78. The van der Waals surface area contributed by atoms with Crippen molar-refractivity contribution >= 4 is 16.6 Å². The van der Waals surface area contributed by atoms with Crippen molar-refractivity contribution in [1.29, 1.82) is 0 Å². The number of rotatable bonds is 9. The Morgan fingerprint density at radius 3 is 2.08 bits per heavy atom. The Morgan fingerprint density at radius 1 is 0.833 bits per heavy atom. The van der Waals surface area contributed by atoms with Crippen LogP contribution in [0.3, 0.4) is 0 Å². The highest BCUT2D eigenvalue weighted by Crippen LogP contribution is 2.54. The fraction of sp³-hybridized carbons (Fsp3) is 0.522. The van der Waals surface area contributed by atoms with Gasteiger partial charge in [-0.3, -0.25) is 4.79 Å². The predicted octanol–water partition coefficient (Wildman–Crippen LogP) is 6.66. The first-order chi connectivity index (χ1) is 11.7. The number of hydrogen-bond acceptors (Lipinski definition) is 1. The first-order valence-corrected chi connectivity index (χ1v) is 9.76. The van der Waals surface area contributed by atoms with Crippen LogP contribution in [-0.4, -0.2) is 5.78 Å². The van der Waals surface area contributed by atoms with Gasteiger partial charge >= 0.3 is 0 Å². The van der Waals surface area contributed by atoms with Gasteiger partial charge in [0, 0.05) is 12.0 Å². The highest BCUT2D eigenvalue weighted by molar-refractivity contribution is 6.00. The molecule has 1 fully saturated rings. The maximum Gasteiger partial charge on any atom is 0.163 e. The molecular weight excluding hydrogens is 292 g/mol. The molecule has 0 saturated heterocycles. The molecule has 2 aromatic carbocycles. The van der Waals surface area contributed by atoms with Gasteiger partial charge in [0.15, 0.2) is 5.78 Å². The Balaban J connectivity index is 1.65. The lowest BCUT2D eigenvalue weighted by Crippen LogP contribution is -2.02. The largest absolute Gasteiger partial charge is 0.294 e. The SMILES string of the molecule is CCCCC1C(CCCC)C1CC(=O)c1ccc2ccccc2c1. The average molecular weight is 322 g/mol. The van der Waals surface area contributed by atoms with Crippen molar-refractivity contribution in [3.05, 3.63) is 48.0 Å². The molecular formula is C23H30O. The lowest BCUT2D eigenvalue weighted by Gasteiger charge is -2.04. The number of benzene rings is 2. The Labute approximate surface area is 146 Å². The van der Waals surface area contributed by atoms with Crippen LogP contribution in [0.5, 0.6) is 0 Å². The van der Waals surface area contributed by atoms with Gasteiger partial charge in [0.1, 0.15) is 0 Å². The van der Waals surface area contributed by atoms with Crippen molar-refractivity contribution in [2.24, 2.45) is 17.8 Å². The van der Waals surface area contributed by atoms with Gasteiger partial charge in [-0.1, -0.05) is 75.9 Å². The number of ketones is 1. The predicted molar refractivity (Wildman–Crippen MR) is 102 cm³/mol. The normalized spacial score (nSPS) is 22.7. The molecule has 2 aromatic rings. The number of carbonyl (C=O) groups excluding carboxylic acids is 1. The summed E-state index contributed by atoms with van der Waals surface area (Å²) in [7, 11) is 0. The van der Waals surface area contributed by atoms with E-state index in [-0.39, 0.29) is 0 Å². The minimum Gasteiger partial charge on any atom is -0.294 e. The van der Waals surface area contributed by atoms with E-state index >= 15 is 0 Å². The number of unbranched alkanes of at least 4 members (excludes halogenated alkanes) is 2. The van der Waals surface area contributed by atoms with E-state index in [0.717, 1.165) is 23.8 Å². The maximum atomic E-state index is 12.8. The molecule has 0 radical (unpaired) electrons. The van der Waals surface area contributed by atoms with E-state index in [9.17, 15) is 4.79 Å². The Hall–Kier alpha value is -1.63. The number of fused-ring (bicyclic) bond motifs is 1. The Kier molecular flexibility index (Phi) is 5.71. The van der Waals surface area contributed by atoms with Crippen molar-refractivity contribution in [1.82, 2.24) is 0 Å². The van der Waals surface area contributed by atoms with Crippen molar-refractivity contribution in [3.8, 4) is 0 Å². The summed E-state index contributed by atoms with van der Waals surface area (Å²) in [4.78, 5) is 12.8. The molecule has 1 aliphatic carbocycles. The van der Waals surface area contributed by atoms with Crippen molar-refractivity contribution in [2.75, 3.05) is 0 Å². The molecule has 2 unspecified atom stereocenters. The minimum atomic E-state index is 0.339. The minimum absolute atomic E-state index is 0.339. The van der Waals surface area contributed by atoms with Crippen LogP contribution in [0.2, 0.25) is 0 Å². The van der Waals surface area contributed by atoms with E-state index in [1.165, 1.54) is 49.3 Å². The van der Waals surface area contributed by atoms with Gasteiger partial charge in [-0.2, -0.15) is 0 Å². The van der Waals surface area contributed by atoms with Crippen LogP contribution in [0.15, 0.2) is 42.5 Å². The second-order valence-electron chi connectivity index (χ2n) is 7.47. The van der Waals surface area contributed by atoms with Crippen LogP contribution in [0.4, 0.5) is 0 Å². The Morgan fingerprint density at radius 2 is 1.46 bits per heavy atom. The number of carbonyl (C=O) groups is 1. The summed E-state index contributed by atoms with van der Waals surface area (Å²) in [6, 6.07) is 14.4. The van der Waals surface area contributed by atoms with Crippen molar-refractivity contribution in [2.45, 2.75) is 58.8 Å². The van der Waals surface area contributed by atoms with Crippen LogP contribution >= 0.6 is 0 Å². The van der Waals surface area contributed by atoms with E-state index in [4.69, 9.17) is 0 Å². The van der Waals surface area contributed by atoms with Crippen LogP contribution in [0, 0.1) is 17.8 Å². The van der Waals surface area contributed by atoms with Crippen LogP contribution in [0.25, 0.3) is 10.8 Å². The lowest BCUT2D eigenvalue weighted by atomic mass is 10.00. The summed E-state index contributed by atoms with van der Waals surface area (Å²) >= 11 is 0. The van der Waals surface area contributed by atoms with E-state index < -0.39 is 0 Å². The number of Topliss-reactive ketones (excluding diaryl/α,β-unsaturated/α-hetero) is 1. The molecule has 0 N–H and O–H groups in total. The van der Waals surface area contributed by atoms with Crippen LogP contribution in [-0.2, 0) is 0 Å². The highest BCUT2D eigenvalue weighted by Gasteiger charge is 2.48. The molecule has 1 saturated carbocycles. The third kappa shape index (κ3) is 3.88. The molecule has 0 aromatic heterocycles. The summed E-state index contributed by atoms with van der Waals surface area (Å²) in [6.45, 7) is 4.53. The second kappa shape index (κ2) is 7.96. The zero-order chi connectivity index (χ0) is 16.9. The molecule has 0 spiro atoms. The first-order valence-electron chi connectivity index (χ1n) is 9.76. The molecule has 0 bridgehead atoms. The molecule has 128 valence electrons. The topological polar surface area (TPSA) is 17.1 Å². The summed E-state index contributed by atoms with van der Waals surface area (Å²) in [6.07, 6.45) is 8.55. The quantitative estimate of drug-likeness (QED) is 0.472. The van der Waals surface area contributed by atoms with Gasteiger partial charge in [-0.15, -0.1) is 0 Å². The fourth-order valence-corrected chi connectivity index (χ4v) is 4.26. The maximum absolute atomic E-state index is 12.8. The van der Waals surface area contributed by atoms with Crippen molar-refractivity contribution < 1.29 is 4.79 Å². The second-order valence-corrected chi connectivity index (χ2v) is 7.47. The van der Waals surface area contributed by atoms with Crippen molar-refractivity contribution in [3.63, 3.8) is 0 Å². The zero-order valence-corrected chi connectivity index (χ0v) is 15.1. The molecule has 3 rings (SSSR count). The summed E-state index contributed by atoms with van der Waals surface area (Å²) < 4.78 is 0. The fourth-order valence-electron chi connectivity index (χ4n) is 4.26. The van der Waals surface area contributed by atoms with Crippen LogP contribution in [0.1, 0.15) is 69.2 Å². The molecule has 0 heterocycles. The van der Waals surface area contributed by atoms with Gasteiger partial charge in [0.25, 0.3) is 0 Å². The van der Waals surface area contributed by atoms with Gasteiger partial charge in [-0.25, -0.2) is 0 Å². The molecule has 24 heavy (non-hydrogen) atoms. The number of hydrogen-bond donors (Lipinski definition) is 0. The lowest BCUT2D eigenvalue weighted by molar-refractivity contribution is 0.0972. The van der Waals surface area contributed by atoms with E-state index in [1.807, 2.05) is 18.2 Å². The van der Waals surface area contributed by atoms with E-state index in [2.05, 4.69) is 38.1 Å². The highest BCUT2D eigenvalue weighted by atomic mass is 16.1. The molecule has 0 amide bonds. The van der Waals surface area contributed by atoms with Gasteiger partial charge in [0.2, 0.25) is 0 Å². The van der Waals surface area contributed by atoms with Gasteiger partial charge in [-0.05, 0) is 47.4 Å². The summed E-state index contributed by atoms with van der Waals surface area (Å²) in [5.41, 5.74) is 0.893. The van der Waals surface area contributed by atoms with E-state index in [0.29, 0.717) is 11.7 Å². The smallest absolute Gasteiger partial charge is 0.163 e. The first kappa shape index (κ1) is 17.2. The van der Waals surface area contributed by atoms with Gasteiger partial charge in [0.05, 0.1) is 0 Å². The van der Waals surface area contributed by atoms with Crippen LogP contribution < -0.4 is 0 Å². The third-order valence-corrected chi connectivity index (χ3v) is 5.78. The molecule has 0 aliphatic heterocycles. The molecule has 1 heteroatoms. The van der Waals surface area contributed by atoms with Gasteiger partial charge < -0.3 is 0 Å². The van der Waals surface area contributed by atoms with E-state index in [1.54, 1.807) is 0 Å². The monoisotopic (exact) mass is 322 g/mol. The Bertz CT molecular complexity index is 673. The zero-order valence-electron chi connectivity index (χ0n) is 15.1. The molecule has 1 aliphatic rings. The standard InChI is InChI=1S/C23H30O/c1-3-5-11-20-21(12-6-4-2)22(20)16-23(24)19-14-13-17-9-7-8-10-18(17)15-19/h7-10,13-15,20-22H,3-6,11-12,16H2,1-2H3. The summed E-state index contributed by atoms with van der Waals surface area (Å²) in [5.74, 6) is 2.59. The molecule has 2 atom stereocenters.